The molecule has 11 heteroatoms. The molecule has 3 N–H and O–H groups in total. The van der Waals surface area contributed by atoms with Crippen LogP contribution in [0.1, 0.15) is 0 Å². The summed E-state index contributed by atoms with van der Waals surface area (Å²) in [7, 11) is 4.01. The standard InChI is InChI=1S/C23H18Cl2N6OS2/c1-31(2)14-6-4-13(5-7-14)27-23-29-21(26)20(34-23)22-28-18(11-33-22)19-10-17(30-32-19)12-3-8-15(24)16(25)9-12/h3-11H,26H2,1-2H3,(H,27,29). The van der Waals surface area contributed by atoms with Crippen molar-refractivity contribution in [3.05, 3.63) is 64.0 Å². The number of nitrogens with zero attached hydrogens (tertiary/aromatic N) is 4. The van der Waals surface area contributed by atoms with Gasteiger partial charge in [-0.25, -0.2) is 9.97 Å². The van der Waals surface area contributed by atoms with Gasteiger partial charge in [-0.15, -0.1) is 11.3 Å². The Bertz CT molecular complexity index is 1460. The number of hydrogen-bond acceptors (Lipinski definition) is 9. The summed E-state index contributed by atoms with van der Waals surface area (Å²) in [5, 5.41) is 11.7. The van der Waals surface area contributed by atoms with Crippen molar-refractivity contribution in [1.29, 1.82) is 0 Å². The van der Waals surface area contributed by atoms with E-state index < -0.39 is 0 Å². The fourth-order valence-electron chi connectivity index (χ4n) is 3.18. The minimum absolute atomic E-state index is 0.423. The van der Waals surface area contributed by atoms with Gasteiger partial charge in [0.05, 0.1) is 10.0 Å². The monoisotopic (exact) mass is 528 g/mol. The number of thiazole rings is 2. The lowest BCUT2D eigenvalue weighted by molar-refractivity contribution is 0.434. The van der Waals surface area contributed by atoms with Crippen LogP contribution in [-0.4, -0.2) is 29.2 Å². The summed E-state index contributed by atoms with van der Waals surface area (Å²) in [5.41, 5.74) is 10.4. The third kappa shape index (κ3) is 4.60. The average Bonchev–Trinajstić information content (AvgIpc) is 3.55. The molecule has 0 saturated carbocycles. The topological polar surface area (TPSA) is 93.1 Å². The number of nitrogen functional groups attached to an aromatic ring is 1. The molecule has 0 fully saturated rings. The van der Waals surface area contributed by atoms with Crippen LogP contribution in [-0.2, 0) is 0 Å². The summed E-state index contributed by atoms with van der Waals surface area (Å²) >= 11 is 15.0. The van der Waals surface area contributed by atoms with Crippen LogP contribution in [0, 0.1) is 0 Å². The summed E-state index contributed by atoms with van der Waals surface area (Å²) in [6.07, 6.45) is 0. The zero-order valence-electron chi connectivity index (χ0n) is 18.0. The second-order valence-corrected chi connectivity index (χ2v) is 10.2. The Kier molecular flexibility index (Phi) is 6.18. The van der Waals surface area contributed by atoms with Gasteiger partial charge in [0.1, 0.15) is 27.1 Å². The Balaban J connectivity index is 1.35. The largest absolute Gasteiger partial charge is 0.382 e. The predicted octanol–water partition coefficient (Wildman–Crippen LogP) is 7.29. The molecule has 3 aromatic heterocycles. The number of halogens is 2. The smallest absolute Gasteiger partial charge is 0.189 e. The molecule has 34 heavy (non-hydrogen) atoms. The van der Waals surface area contributed by atoms with Crippen LogP contribution in [0.2, 0.25) is 10.0 Å². The summed E-state index contributed by atoms with van der Waals surface area (Å²) < 4.78 is 5.52. The second kappa shape index (κ2) is 9.27. The number of anilines is 4. The van der Waals surface area contributed by atoms with E-state index in [2.05, 4.69) is 15.5 Å². The van der Waals surface area contributed by atoms with E-state index >= 15 is 0 Å². The van der Waals surface area contributed by atoms with Gasteiger partial charge in [-0.2, -0.15) is 0 Å². The Morgan fingerprint density at radius 3 is 2.50 bits per heavy atom. The molecule has 0 aliphatic carbocycles. The molecule has 0 spiro atoms. The number of benzene rings is 2. The zero-order valence-corrected chi connectivity index (χ0v) is 21.2. The van der Waals surface area contributed by atoms with E-state index in [1.807, 2.05) is 60.8 Å². The molecular weight excluding hydrogens is 511 g/mol. The number of rotatable bonds is 6. The lowest BCUT2D eigenvalue weighted by atomic mass is 10.1. The van der Waals surface area contributed by atoms with Crippen molar-refractivity contribution >= 4 is 68.2 Å². The quantitative estimate of drug-likeness (QED) is 0.239. The van der Waals surface area contributed by atoms with E-state index in [1.54, 1.807) is 12.1 Å². The van der Waals surface area contributed by atoms with Crippen molar-refractivity contribution in [3.63, 3.8) is 0 Å². The minimum Gasteiger partial charge on any atom is -0.382 e. The molecule has 3 heterocycles. The average molecular weight is 529 g/mol. The van der Waals surface area contributed by atoms with Crippen LogP contribution >= 0.6 is 45.9 Å². The first-order valence-electron chi connectivity index (χ1n) is 10.1. The Morgan fingerprint density at radius 1 is 0.971 bits per heavy atom. The maximum Gasteiger partial charge on any atom is 0.189 e. The Labute approximate surface area is 213 Å². The number of nitrogens with one attached hydrogen (secondary N) is 1. The van der Waals surface area contributed by atoms with Crippen LogP contribution in [0.25, 0.3) is 32.6 Å². The highest BCUT2D eigenvalue weighted by Crippen LogP contribution is 2.39. The fraction of sp³-hybridized carbons (Fsp3) is 0.0870. The molecule has 0 radical (unpaired) electrons. The first-order valence-corrected chi connectivity index (χ1v) is 12.5. The molecule has 0 aliphatic heterocycles. The van der Waals surface area contributed by atoms with E-state index in [-0.39, 0.29) is 0 Å². The second-order valence-electron chi connectivity index (χ2n) is 7.54. The normalized spacial score (nSPS) is 11.1. The van der Waals surface area contributed by atoms with E-state index in [1.165, 1.54) is 22.7 Å². The molecular formula is C23H18Cl2N6OS2. The van der Waals surface area contributed by atoms with Gasteiger partial charge in [-0.05, 0) is 36.4 Å². The van der Waals surface area contributed by atoms with Crippen LogP contribution in [0.15, 0.2) is 58.4 Å². The number of nitrogens with two attached hydrogens (primary N) is 1. The van der Waals surface area contributed by atoms with Gasteiger partial charge in [0, 0.05) is 42.5 Å². The SMILES string of the molecule is CN(C)c1ccc(Nc2nc(N)c(-c3nc(-c4cc(-c5ccc(Cl)c(Cl)c5)no4)cs3)s2)cc1. The molecule has 7 nitrogen and oxygen atoms in total. The third-order valence-electron chi connectivity index (χ3n) is 4.96. The van der Waals surface area contributed by atoms with Gasteiger partial charge < -0.3 is 20.5 Å². The van der Waals surface area contributed by atoms with E-state index in [0.29, 0.717) is 38.1 Å². The molecule has 172 valence electrons. The highest BCUT2D eigenvalue weighted by Gasteiger charge is 2.18. The van der Waals surface area contributed by atoms with E-state index in [4.69, 9.17) is 38.4 Å². The van der Waals surface area contributed by atoms with Crippen molar-refractivity contribution in [2.45, 2.75) is 0 Å². The Morgan fingerprint density at radius 2 is 1.76 bits per heavy atom. The van der Waals surface area contributed by atoms with Crippen molar-refractivity contribution in [2.24, 2.45) is 0 Å². The van der Waals surface area contributed by atoms with Crippen LogP contribution in [0.4, 0.5) is 22.3 Å². The molecule has 5 rings (SSSR count). The zero-order chi connectivity index (χ0) is 23.8. The molecule has 0 aliphatic rings. The van der Waals surface area contributed by atoms with Gasteiger partial charge in [-0.3, -0.25) is 0 Å². The van der Waals surface area contributed by atoms with Gasteiger partial charge in [-0.1, -0.05) is 45.8 Å². The van der Waals surface area contributed by atoms with Crippen LogP contribution in [0.5, 0.6) is 0 Å². The van der Waals surface area contributed by atoms with Gasteiger partial charge in [0.15, 0.2) is 10.9 Å². The lowest BCUT2D eigenvalue weighted by Crippen LogP contribution is -2.08. The van der Waals surface area contributed by atoms with Crippen molar-refractivity contribution in [3.8, 4) is 32.6 Å². The molecule has 0 atom stereocenters. The van der Waals surface area contributed by atoms with E-state index in [9.17, 15) is 0 Å². The van der Waals surface area contributed by atoms with Gasteiger partial charge in [0.2, 0.25) is 0 Å². The molecule has 0 unspecified atom stereocenters. The number of aromatic nitrogens is 3. The van der Waals surface area contributed by atoms with Crippen molar-refractivity contribution < 1.29 is 4.52 Å². The van der Waals surface area contributed by atoms with Crippen molar-refractivity contribution in [2.75, 3.05) is 30.0 Å². The first-order chi connectivity index (χ1) is 16.4. The summed E-state index contributed by atoms with van der Waals surface area (Å²) in [4.78, 5) is 12.0. The predicted molar refractivity (Wildman–Crippen MR) is 143 cm³/mol. The van der Waals surface area contributed by atoms with Crippen LogP contribution < -0.4 is 16.0 Å². The fourth-order valence-corrected chi connectivity index (χ4v) is 5.30. The van der Waals surface area contributed by atoms with Gasteiger partial charge in [0.25, 0.3) is 0 Å². The third-order valence-corrected chi connectivity index (χ3v) is 7.69. The van der Waals surface area contributed by atoms with E-state index in [0.717, 1.165) is 26.8 Å². The first kappa shape index (κ1) is 22.7. The summed E-state index contributed by atoms with van der Waals surface area (Å²) in [5.74, 6) is 0.971. The molecule has 2 aromatic carbocycles. The minimum atomic E-state index is 0.423. The molecule has 5 aromatic rings. The highest BCUT2D eigenvalue weighted by molar-refractivity contribution is 7.23. The summed E-state index contributed by atoms with van der Waals surface area (Å²) in [6.45, 7) is 0. The molecule has 0 amide bonds. The maximum absolute atomic E-state index is 6.21. The van der Waals surface area contributed by atoms with Crippen LogP contribution in [0.3, 0.4) is 0 Å². The summed E-state index contributed by atoms with van der Waals surface area (Å²) in [6, 6.07) is 15.2. The number of hydrogen-bond donors (Lipinski definition) is 2. The van der Waals surface area contributed by atoms with Gasteiger partial charge >= 0.3 is 0 Å². The maximum atomic E-state index is 6.21. The lowest BCUT2D eigenvalue weighted by Gasteiger charge is -2.12. The molecule has 0 bridgehead atoms. The van der Waals surface area contributed by atoms with Crippen molar-refractivity contribution in [1.82, 2.24) is 15.1 Å². The highest BCUT2D eigenvalue weighted by atomic mass is 35.5. The molecule has 0 saturated heterocycles. The Hall–Kier alpha value is -3.11.